The van der Waals surface area contributed by atoms with Crippen LogP contribution >= 0.6 is 0 Å². The van der Waals surface area contributed by atoms with Crippen molar-refractivity contribution in [3.8, 4) is 11.5 Å². The molecular formula is C29H26N2O6. The lowest BCUT2D eigenvalue weighted by molar-refractivity contribution is -0.152. The van der Waals surface area contributed by atoms with Gasteiger partial charge in [-0.3, -0.25) is 14.9 Å². The molecule has 37 heavy (non-hydrogen) atoms. The highest BCUT2D eigenvalue weighted by atomic mass is 16.6. The number of rotatable bonds is 4. The smallest absolute Gasteiger partial charge is 0.331 e. The number of hydrogen-bond acceptors (Lipinski definition) is 7. The predicted octanol–water partition coefficient (Wildman–Crippen LogP) is 3.28. The van der Waals surface area contributed by atoms with Gasteiger partial charge >= 0.3 is 5.97 Å². The van der Waals surface area contributed by atoms with Gasteiger partial charge in [-0.1, -0.05) is 54.6 Å². The predicted molar refractivity (Wildman–Crippen MR) is 134 cm³/mol. The molecule has 0 aliphatic carbocycles. The van der Waals surface area contributed by atoms with Crippen LogP contribution in [-0.4, -0.2) is 38.1 Å². The van der Waals surface area contributed by atoms with Crippen LogP contribution in [0.2, 0.25) is 0 Å². The molecule has 188 valence electrons. The zero-order valence-electron chi connectivity index (χ0n) is 20.5. The molecule has 0 bridgehead atoms. The normalized spacial score (nSPS) is 26.2. The van der Waals surface area contributed by atoms with Gasteiger partial charge in [0, 0.05) is 12.1 Å². The molecule has 4 atom stereocenters. The second kappa shape index (κ2) is 8.74. The monoisotopic (exact) mass is 498 g/mol. The first kappa shape index (κ1) is 23.2. The topological polar surface area (TPSA) is 94.2 Å². The van der Waals surface area contributed by atoms with Crippen molar-refractivity contribution in [3.05, 3.63) is 89.5 Å². The lowest BCUT2D eigenvalue weighted by atomic mass is 9.75. The highest BCUT2D eigenvalue weighted by Gasteiger charge is 2.69. The van der Waals surface area contributed by atoms with Gasteiger partial charge in [0.2, 0.25) is 11.8 Å². The van der Waals surface area contributed by atoms with Crippen molar-refractivity contribution in [2.75, 3.05) is 25.2 Å². The fourth-order valence-electron chi connectivity index (χ4n) is 5.97. The number of ether oxygens (including phenoxy) is 3. The van der Waals surface area contributed by atoms with Gasteiger partial charge in [0.15, 0.2) is 17.0 Å². The number of hydrogen-bond donors (Lipinski definition) is 1. The molecule has 3 aliphatic rings. The Bertz CT molecular complexity index is 1410. The first-order valence-electron chi connectivity index (χ1n) is 12.2. The maximum atomic E-state index is 14.2. The molecule has 3 aromatic rings. The van der Waals surface area contributed by atoms with Crippen molar-refractivity contribution in [1.29, 1.82) is 0 Å². The summed E-state index contributed by atoms with van der Waals surface area (Å²) in [5.74, 6) is -2.29. The molecule has 0 saturated carbocycles. The Morgan fingerprint density at radius 2 is 1.65 bits per heavy atom. The Morgan fingerprint density at radius 1 is 0.946 bits per heavy atom. The van der Waals surface area contributed by atoms with E-state index in [0.717, 1.165) is 11.1 Å². The summed E-state index contributed by atoms with van der Waals surface area (Å²) in [6, 6.07) is 21.1. The van der Waals surface area contributed by atoms with Crippen LogP contribution in [0.4, 0.5) is 5.69 Å². The summed E-state index contributed by atoms with van der Waals surface area (Å²) >= 11 is 0. The van der Waals surface area contributed by atoms with Crippen LogP contribution in [0.5, 0.6) is 11.5 Å². The molecule has 8 heteroatoms. The van der Waals surface area contributed by atoms with Gasteiger partial charge in [-0.25, -0.2) is 9.69 Å². The van der Waals surface area contributed by atoms with E-state index >= 15 is 0 Å². The molecule has 8 nitrogen and oxygen atoms in total. The van der Waals surface area contributed by atoms with Gasteiger partial charge in [-0.2, -0.15) is 0 Å². The van der Waals surface area contributed by atoms with E-state index in [-0.39, 0.29) is 5.91 Å². The van der Waals surface area contributed by atoms with E-state index in [0.29, 0.717) is 36.0 Å². The second-order valence-electron chi connectivity index (χ2n) is 9.49. The summed E-state index contributed by atoms with van der Waals surface area (Å²) < 4.78 is 16.6. The molecule has 4 unspecified atom stereocenters. The third kappa shape index (κ3) is 3.36. The van der Waals surface area contributed by atoms with Crippen molar-refractivity contribution in [3.63, 3.8) is 0 Å². The molecule has 0 aromatic heterocycles. The number of carbonyl (C=O) groups is 3. The first-order valence-corrected chi connectivity index (χ1v) is 12.2. The van der Waals surface area contributed by atoms with Crippen LogP contribution in [0, 0.1) is 18.8 Å². The molecule has 2 saturated heterocycles. The minimum atomic E-state index is -1.55. The van der Waals surface area contributed by atoms with Gasteiger partial charge < -0.3 is 14.2 Å². The average molecular weight is 499 g/mol. The van der Waals surface area contributed by atoms with E-state index in [1.807, 2.05) is 37.3 Å². The number of benzene rings is 3. The van der Waals surface area contributed by atoms with Gasteiger partial charge in [0.05, 0.1) is 24.6 Å². The quantitative estimate of drug-likeness (QED) is 0.436. The van der Waals surface area contributed by atoms with E-state index in [1.54, 1.807) is 42.5 Å². The highest BCUT2D eigenvalue weighted by Crippen LogP contribution is 2.54. The zero-order chi connectivity index (χ0) is 25.7. The maximum Gasteiger partial charge on any atom is 0.331 e. The molecule has 2 amide bonds. The van der Waals surface area contributed by atoms with Crippen LogP contribution in [0.1, 0.15) is 22.7 Å². The molecule has 2 fully saturated rings. The first-order chi connectivity index (χ1) is 18.0. The van der Waals surface area contributed by atoms with Crippen molar-refractivity contribution in [1.82, 2.24) is 5.32 Å². The molecule has 1 N–H and O–H groups in total. The number of fused-ring (bicyclic) bond motifs is 2. The van der Waals surface area contributed by atoms with Crippen LogP contribution in [-0.2, 0) is 24.7 Å². The van der Waals surface area contributed by atoms with E-state index in [4.69, 9.17) is 14.2 Å². The standard InChI is InChI=1S/C29H26N2O6/c1-17-8-6-7-11-20(17)25-23-24(29(30-25,28(34)35-2)18-9-4-3-5-10-18)27(33)31(26(23)32)19-12-13-21-22(16-19)37-15-14-36-21/h3-13,16,23-25,30H,14-15H2,1-2H3. The number of anilines is 1. The largest absolute Gasteiger partial charge is 0.486 e. The minimum absolute atomic E-state index is 0.377. The van der Waals surface area contributed by atoms with Crippen molar-refractivity contribution in [2.24, 2.45) is 11.8 Å². The lowest BCUT2D eigenvalue weighted by Crippen LogP contribution is -2.53. The summed E-state index contributed by atoms with van der Waals surface area (Å²) in [5.41, 5.74) is 1.19. The average Bonchev–Trinajstić information content (AvgIpc) is 3.42. The molecule has 0 radical (unpaired) electrons. The molecule has 6 rings (SSSR count). The fraction of sp³-hybridized carbons (Fsp3) is 0.276. The molecule has 3 aliphatic heterocycles. The summed E-state index contributed by atoms with van der Waals surface area (Å²) in [6.45, 7) is 2.76. The summed E-state index contributed by atoms with van der Waals surface area (Å²) in [5, 5.41) is 3.43. The molecule has 0 spiro atoms. The van der Waals surface area contributed by atoms with Crippen molar-refractivity contribution < 1.29 is 28.6 Å². The number of imide groups is 1. The van der Waals surface area contributed by atoms with Gasteiger partial charge in [-0.05, 0) is 35.7 Å². The number of carbonyl (C=O) groups excluding carboxylic acids is 3. The molecular weight excluding hydrogens is 472 g/mol. The Morgan fingerprint density at radius 3 is 2.38 bits per heavy atom. The van der Waals surface area contributed by atoms with Gasteiger partial charge in [-0.15, -0.1) is 0 Å². The van der Waals surface area contributed by atoms with Crippen LogP contribution in [0.15, 0.2) is 72.8 Å². The number of esters is 1. The Hall–Kier alpha value is -4.17. The number of methoxy groups -OCH3 is 1. The van der Waals surface area contributed by atoms with E-state index in [2.05, 4.69) is 5.32 Å². The number of nitrogens with one attached hydrogen (secondary N) is 1. The van der Waals surface area contributed by atoms with Crippen LogP contribution in [0.25, 0.3) is 0 Å². The molecule has 3 aromatic carbocycles. The van der Waals surface area contributed by atoms with Crippen LogP contribution in [0.3, 0.4) is 0 Å². The SMILES string of the molecule is COC(=O)C1(c2ccccc2)NC(c2ccccc2C)C2C(=O)N(c3ccc4c(c3)OCCO4)C(=O)C21. The Balaban J connectivity index is 1.54. The Kier molecular flexibility index (Phi) is 5.49. The summed E-state index contributed by atoms with van der Waals surface area (Å²) in [6.07, 6.45) is 0. The third-order valence-corrected chi connectivity index (χ3v) is 7.60. The van der Waals surface area contributed by atoms with Gasteiger partial charge in [0.25, 0.3) is 0 Å². The van der Waals surface area contributed by atoms with Gasteiger partial charge in [0.1, 0.15) is 13.2 Å². The van der Waals surface area contributed by atoms with E-state index in [1.165, 1.54) is 12.0 Å². The van der Waals surface area contributed by atoms with E-state index < -0.39 is 35.3 Å². The van der Waals surface area contributed by atoms with Crippen molar-refractivity contribution >= 4 is 23.5 Å². The molecule has 3 heterocycles. The summed E-state index contributed by atoms with van der Waals surface area (Å²) in [7, 11) is 1.30. The van der Waals surface area contributed by atoms with Crippen LogP contribution < -0.4 is 19.7 Å². The van der Waals surface area contributed by atoms with Crippen molar-refractivity contribution in [2.45, 2.75) is 18.5 Å². The van der Waals surface area contributed by atoms with E-state index in [9.17, 15) is 14.4 Å². The third-order valence-electron chi connectivity index (χ3n) is 7.60. The number of aryl methyl sites for hydroxylation is 1. The highest BCUT2D eigenvalue weighted by molar-refractivity contribution is 6.24. The Labute approximate surface area is 214 Å². The lowest BCUT2D eigenvalue weighted by Gasteiger charge is -2.33. The minimum Gasteiger partial charge on any atom is -0.486 e. The fourth-order valence-corrected chi connectivity index (χ4v) is 5.97. The second-order valence-corrected chi connectivity index (χ2v) is 9.49. The summed E-state index contributed by atoms with van der Waals surface area (Å²) in [4.78, 5) is 43.2. The number of amides is 2. The number of nitrogens with zero attached hydrogens (tertiary/aromatic N) is 1. The maximum absolute atomic E-state index is 14.2. The zero-order valence-corrected chi connectivity index (χ0v) is 20.5.